The number of nitrogens with zero attached hydrogens (tertiary/aromatic N) is 1. The van der Waals surface area contributed by atoms with Crippen LogP contribution in [0, 0.1) is 0 Å². The Balaban J connectivity index is 0.00000560. The molecule has 0 bridgehead atoms. The quantitative estimate of drug-likeness (QED) is 0.0856. The molecule has 1 amide bonds. The van der Waals surface area contributed by atoms with Gasteiger partial charge in [-0.1, -0.05) is 0 Å². The molecule has 222 valence electrons. The number of phosphoric acid groups is 2. The molecule has 3 unspecified atom stereocenters. The van der Waals surface area contributed by atoms with Crippen molar-refractivity contribution in [3.8, 4) is 0 Å². The second-order valence-corrected chi connectivity index (χ2v) is 11.4. The van der Waals surface area contributed by atoms with E-state index in [1.165, 1.54) is 0 Å². The zero-order chi connectivity index (χ0) is 29.3. The molecular formula is C17H27N3NaO17P2+. The first-order valence-corrected chi connectivity index (χ1v) is 14.0. The van der Waals surface area contributed by atoms with E-state index in [1.807, 2.05) is 4.98 Å². The Morgan fingerprint density at radius 3 is 2.25 bits per heavy atom. The van der Waals surface area contributed by atoms with E-state index < -0.39 is 101 Å². The van der Waals surface area contributed by atoms with Gasteiger partial charge in [0.2, 0.25) is 5.91 Å². The summed E-state index contributed by atoms with van der Waals surface area (Å²) in [5.74, 6) is -0.796. The predicted octanol–water partition coefficient (Wildman–Crippen LogP) is -7.65. The molecule has 3 heterocycles. The van der Waals surface area contributed by atoms with E-state index in [1.54, 1.807) is 0 Å². The Labute approximate surface area is 245 Å². The van der Waals surface area contributed by atoms with Crippen molar-refractivity contribution in [2.24, 2.45) is 0 Å². The van der Waals surface area contributed by atoms with Gasteiger partial charge in [0, 0.05) is 19.2 Å². The number of H-pyrrole nitrogens is 1. The Hall–Kier alpha value is -0.870. The number of amides is 1. The summed E-state index contributed by atoms with van der Waals surface area (Å²) in [6.07, 6.45) is -13.0. The zero-order valence-corrected chi connectivity index (χ0v) is 24.6. The minimum atomic E-state index is -5.63. The molecule has 0 aromatic carbocycles. The van der Waals surface area contributed by atoms with Crippen LogP contribution in [0.3, 0.4) is 0 Å². The minimum absolute atomic E-state index is 0. The van der Waals surface area contributed by atoms with Gasteiger partial charge in [-0.05, 0) is 0 Å². The second kappa shape index (κ2) is 14.1. The number of hydrogen-bond acceptors (Lipinski definition) is 15. The number of aliphatic hydroxyl groups excluding tert-OH is 5. The summed E-state index contributed by atoms with van der Waals surface area (Å²) < 4.78 is 49.2. The third-order valence-corrected chi connectivity index (χ3v) is 8.16. The molecule has 3 rings (SSSR count). The van der Waals surface area contributed by atoms with Crippen LogP contribution in [-0.4, -0.2) is 113 Å². The Morgan fingerprint density at radius 2 is 1.68 bits per heavy atom. The van der Waals surface area contributed by atoms with Gasteiger partial charge in [-0.3, -0.25) is 28.2 Å². The predicted molar refractivity (Wildman–Crippen MR) is 120 cm³/mol. The SMILES string of the molecule is CC(=O)N[C@H]1C(OP(=O)(O)OP(=O)(O)OC[C@H]2O[C@@H](n3ccc(=O)[nH]c3=O)[C@H](O)[C@@H]2O)O[C@H](CO)[C@@H](O)[C@@H]1O.[Na+]. The summed E-state index contributed by atoms with van der Waals surface area (Å²) in [5.41, 5.74) is -1.75. The van der Waals surface area contributed by atoms with Crippen molar-refractivity contribution in [2.75, 3.05) is 13.2 Å². The Kier molecular flexibility index (Phi) is 12.4. The van der Waals surface area contributed by atoms with Gasteiger partial charge < -0.3 is 50.1 Å². The first-order valence-electron chi connectivity index (χ1n) is 11.0. The maximum absolute atomic E-state index is 12.4. The number of rotatable bonds is 10. The summed E-state index contributed by atoms with van der Waals surface area (Å²) in [5, 5.41) is 51.9. The largest absolute Gasteiger partial charge is 1.00 e. The number of nitrogens with one attached hydrogen (secondary N) is 2. The molecule has 40 heavy (non-hydrogen) atoms. The van der Waals surface area contributed by atoms with Gasteiger partial charge in [-0.15, -0.1) is 0 Å². The van der Waals surface area contributed by atoms with Crippen LogP contribution < -0.4 is 46.1 Å². The molecule has 9 N–H and O–H groups in total. The molecule has 11 atom stereocenters. The molecule has 20 nitrogen and oxygen atoms in total. The zero-order valence-electron chi connectivity index (χ0n) is 20.8. The van der Waals surface area contributed by atoms with Gasteiger partial charge in [-0.2, -0.15) is 4.31 Å². The molecule has 0 radical (unpaired) electrons. The number of ether oxygens (including phenoxy) is 2. The third kappa shape index (κ3) is 8.59. The molecule has 23 heteroatoms. The van der Waals surface area contributed by atoms with Gasteiger partial charge in [0.05, 0.1) is 13.2 Å². The van der Waals surface area contributed by atoms with Crippen molar-refractivity contribution in [1.82, 2.24) is 14.9 Å². The van der Waals surface area contributed by atoms with E-state index in [2.05, 4.69) is 18.7 Å². The number of aromatic amines is 1. The van der Waals surface area contributed by atoms with Crippen LogP contribution in [0.1, 0.15) is 13.2 Å². The van der Waals surface area contributed by atoms with Crippen LogP contribution in [0.4, 0.5) is 0 Å². The smallest absolute Gasteiger partial charge is 0.394 e. The normalized spacial score (nSPS) is 35.2. The van der Waals surface area contributed by atoms with Crippen LogP contribution in [0.2, 0.25) is 0 Å². The first kappa shape index (κ1) is 35.3. The maximum Gasteiger partial charge on any atom is 1.00 e. The molecule has 2 fully saturated rings. The fourth-order valence-corrected chi connectivity index (χ4v) is 5.92. The van der Waals surface area contributed by atoms with Crippen LogP contribution >= 0.6 is 15.6 Å². The monoisotopic (exact) mass is 630 g/mol. The fraction of sp³-hybridized carbons (Fsp3) is 0.706. The van der Waals surface area contributed by atoms with Crippen molar-refractivity contribution in [2.45, 2.75) is 62.1 Å². The molecule has 0 saturated carbocycles. The van der Waals surface area contributed by atoms with Crippen LogP contribution in [0.25, 0.3) is 0 Å². The first-order chi connectivity index (χ1) is 18.0. The summed E-state index contributed by atoms with van der Waals surface area (Å²) in [4.78, 5) is 56.4. The average molecular weight is 630 g/mol. The number of hydrogen-bond donors (Lipinski definition) is 9. The van der Waals surface area contributed by atoms with Crippen LogP contribution in [-0.2, 0) is 36.8 Å². The van der Waals surface area contributed by atoms with Crippen molar-refractivity contribution in [3.63, 3.8) is 0 Å². The number of phosphoric ester groups is 2. The second-order valence-electron chi connectivity index (χ2n) is 8.42. The van der Waals surface area contributed by atoms with Crippen molar-refractivity contribution >= 4 is 21.6 Å². The number of aromatic nitrogens is 2. The van der Waals surface area contributed by atoms with Crippen LogP contribution in [0.15, 0.2) is 21.9 Å². The van der Waals surface area contributed by atoms with E-state index in [9.17, 15) is 58.8 Å². The van der Waals surface area contributed by atoms with Gasteiger partial charge in [0.1, 0.15) is 42.7 Å². The van der Waals surface area contributed by atoms with Gasteiger partial charge in [0.25, 0.3) is 5.56 Å². The number of aliphatic hydroxyl groups is 5. The van der Waals surface area contributed by atoms with Gasteiger partial charge in [0.15, 0.2) is 12.5 Å². The molecule has 2 aliphatic heterocycles. The average Bonchev–Trinajstić information content (AvgIpc) is 3.10. The summed E-state index contributed by atoms with van der Waals surface area (Å²) >= 11 is 0. The topological polar surface area (TPSA) is 306 Å². The van der Waals surface area contributed by atoms with Gasteiger partial charge >= 0.3 is 50.9 Å². The van der Waals surface area contributed by atoms with E-state index in [0.29, 0.717) is 0 Å². The number of carbonyl (C=O) groups is 1. The summed E-state index contributed by atoms with van der Waals surface area (Å²) in [6.45, 7) is -0.940. The van der Waals surface area contributed by atoms with E-state index in [4.69, 9.17) is 9.47 Å². The molecule has 2 aliphatic rings. The number of carbonyl (C=O) groups excluding carboxylic acids is 1. The van der Waals surface area contributed by atoms with E-state index in [0.717, 1.165) is 23.8 Å². The van der Waals surface area contributed by atoms with Crippen molar-refractivity contribution in [3.05, 3.63) is 33.1 Å². The molecule has 1 aromatic rings. The van der Waals surface area contributed by atoms with Gasteiger partial charge in [-0.25, -0.2) is 13.9 Å². The summed E-state index contributed by atoms with van der Waals surface area (Å²) in [7, 11) is -11.1. The van der Waals surface area contributed by atoms with Crippen molar-refractivity contribution in [1.29, 1.82) is 0 Å². The molecular weight excluding hydrogens is 603 g/mol. The van der Waals surface area contributed by atoms with Crippen molar-refractivity contribution < 1.29 is 102 Å². The molecule has 0 spiro atoms. The molecule has 0 aliphatic carbocycles. The maximum atomic E-state index is 12.4. The fourth-order valence-electron chi connectivity index (χ4n) is 3.76. The third-order valence-electron chi connectivity index (χ3n) is 5.56. The standard InChI is InChI=1S/C17H27N3O17P2.Na/c1-6(22)18-10-13(26)11(24)7(4-21)35-16(10)36-39(31,32)37-38(29,30)33-5-8-12(25)14(27)15(34-8)20-3-2-9(23)19-17(20)28;/h2-3,7-8,10-16,21,24-27H,4-5H2,1H3,(H,18,22)(H,29,30)(H,31,32)(H,19,23,28);/q;+1/t7-,8-,10-,11-,12-,13-,14-,15-,16?;/m1./s1. The van der Waals surface area contributed by atoms with E-state index >= 15 is 0 Å². The van der Waals surface area contributed by atoms with E-state index in [-0.39, 0.29) is 29.6 Å². The minimum Gasteiger partial charge on any atom is -0.394 e. The Morgan fingerprint density at radius 1 is 1.05 bits per heavy atom. The van der Waals surface area contributed by atoms with Crippen LogP contribution in [0.5, 0.6) is 0 Å². The molecule has 1 aromatic heterocycles. The molecule has 2 saturated heterocycles. The Bertz CT molecular complexity index is 1250. The summed E-state index contributed by atoms with van der Waals surface area (Å²) in [6, 6.07) is -0.766.